The molecule has 0 aliphatic heterocycles. The number of rotatable bonds is 4. The first-order chi connectivity index (χ1) is 8.20. The Morgan fingerprint density at radius 1 is 1.24 bits per heavy atom. The van der Waals surface area contributed by atoms with Crippen molar-refractivity contribution in [1.29, 1.82) is 0 Å². The molecule has 0 radical (unpaired) electrons. The van der Waals surface area contributed by atoms with Gasteiger partial charge in [-0.2, -0.15) is 0 Å². The van der Waals surface area contributed by atoms with E-state index >= 15 is 0 Å². The highest BCUT2D eigenvalue weighted by Crippen LogP contribution is 2.24. The van der Waals surface area contributed by atoms with Gasteiger partial charge in [-0.25, -0.2) is 4.98 Å². The van der Waals surface area contributed by atoms with Gasteiger partial charge in [0.05, 0.1) is 10.7 Å². The van der Waals surface area contributed by atoms with Gasteiger partial charge in [-0.3, -0.25) is 0 Å². The summed E-state index contributed by atoms with van der Waals surface area (Å²) in [6.07, 6.45) is 2.01. The lowest BCUT2D eigenvalue weighted by Gasteiger charge is -2.02. The zero-order valence-electron chi connectivity index (χ0n) is 10.4. The Morgan fingerprint density at radius 2 is 2.06 bits per heavy atom. The minimum atomic E-state index is 0.735. The van der Waals surface area contributed by atoms with Crippen molar-refractivity contribution < 1.29 is 0 Å². The van der Waals surface area contributed by atoms with Crippen LogP contribution in [-0.4, -0.2) is 11.5 Å². The van der Waals surface area contributed by atoms with Crippen molar-refractivity contribution in [2.24, 2.45) is 5.73 Å². The average Bonchev–Trinajstić information content (AvgIpc) is 2.79. The van der Waals surface area contributed by atoms with Gasteiger partial charge in [0.2, 0.25) is 0 Å². The van der Waals surface area contributed by atoms with Crippen molar-refractivity contribution in [2.75, 3.05) is 6.54 Å². The van der Waals surface area contributed by atoms with E-state index in [-0.39, 0.29) is 0 Å². The molecule has 1 aromatic carbocycles. The number of nitrogens with two attached hydrogens (primary N) is 1. The highest BCUT2D eigenvalue weighted by atomic mass is 32.1. The fourth-order valence-corrected chi connectivity index (χ4v) is 2.56. The maximum absolute atomic E-state index is 5.51. The fourth-order valence-electron chi connectivity index (χ4n) is 1.71. The van der Waals surface area contributed by atoms with E-state index in [1.54, 1.807) is 11.3 Å². The minimum absolute atomic E-state index is 0.735. The summed E-state index contributed by atoms with van der Waals surface area (Å²) in [6, 6.07) is 6.50. The van der Waals surface area contributed by atoms with Gasteiger partial charge in [0.15, 0.2) is 0 Å². The molecule has 0 bridgehead atoms. The SMILES string of the molecule is Cc1ccc(-c2csc(CCCN)n2)cc1C. The zero-order valence-corrected chi connectivity index (χ0v) is 11.2. The smallest absolute Gasteiger partial charge is 0.0933 e. The Kier molecular flexibility index (Phi) is 3.92. The van der Waals surface area contributed by atoms with Gasteiger partial charge in [-0.1, -0.05) is 12.1 Å². The summed E-state index contributed by atoms with van der Waals surface area (Å²) in [5.41, 5.74) is 10.5. The first kappa shape index (κ1) is 12.3. The molecule has 2 N–H and O–H groups in total. The number of hydrogen-bond acceptors (Lipinski definition) is 3. The van der Waals surface area contributed by atoms with Crippen LogP contribution >= 0.6 is 11.3 Å². The maximum atomic E-state index is 5.51. The Hall–Kier alpha value is -1.19. The van der Waals surface area contributed by atoms with E-state index in [0.717, 1.165) is 25.1 Å². The van der Waals surface area contributed by atoms with Crippen LogP contribution in [-0.2, 0) is 6.42 Å². The lowest BCUT2D eigenvalue weighted by atomic mass is 10.1. The van der Waals surface area contributed by atoms with Crippen molar-refractivity contribution in [3.63, 3.8) is 0 Å². The Morgan fingerprint density at radius 3 is 2.76 bits per heavy atom. The summed E-state index contributed by atoms with van der Waals surface area (Å²) in [6.45, 7) is 5.01. The molecule has 2 aromatic rings. The molecule has 0 spiro atoms. The van der Waals surface area contributed by atoms with Gasteiger partial charge in [0.25, 0.3) is 0 Å². The van der Waals surface area contributed by atoms with Crippen LogP contribution in [0.1, 0.15) is 22.6 Å². The second kappa shape index (κ2) is 5.43. The molecule has 2 nitrogen and oxygen atoms in total. The first-order valence-corrected chi connectivity index (χ1v) is 6.81. The van der Waals surface area contributed by atoms with Crippen molar-refractivity contribution in [3.05, 3.63) is 39.7 Å². The number of thiazole rings is 1. The van der Waals surface area contributed by atoms with Gasteiger partial charge >= 0.3 is 0 Å². The van der Waals surface area contributed by atoms with E-state index in [4.69, 9.17) is 5.73 Å². The largest absolute Gasteiger partial charge is 0.330 e. The van der Waals surface area contributed by atoms with Gasteiger partial charge in [-0.05, 0) is 44.0 Å². The Balaban J connectivity index is 2.21. The molecular formula is C14H18N2S. The van der Waals surface area contributed by atoms with Gasteiger partial charge in [0, 0.05) is 17.4 Å². The lowest BCUT2D eigenvalue weighted by Crippen LogP contribution is -1.99. The molecule has 0 amide bonds. The van der Waals surface area contributed by atoms with E-state index in [9.17, 15) is 0 Å². The average molecular weight is 246 g/mol. The molecule has 0 atom stereocenters. The predicted octanol–water partition coefficient (Wildman–Crippen LogP) is 3.32. The number of benzene rings is 1. The molecule has 90 valence electrons. The molecule has 2 rings (SSSR count). The van der Waals surface area contributed by atoms with Gasteiger partial charge in [0.1, 0.15) is 0 Å². The summed E-state index contributed by atoms with van der Waals surface area (Å²) in [5.74, 6) is 0. The van der Waals surface area contributed by atoms with Crippen molar-refractivity contribution in [3.8, 4) is 11.3 Å². The summed E-state index contributed by atoms with van der Waals surface area (Å²) in [7, 11) is 0. The van der Waals surface area contributed by atoms with Crippen LogP contribution in [0.15, 0.2) is 23.6 Å². The van der Waals surface area contributed by atoms with Gasteiger partial charge in [-0.15, -0.1) is 11.3 Å². The highest BCUT2D eigenvalue weighted by molar-refractivity contribution is 7.09. The fraction of sp³-hybridized carbons (Fsp3) is 0.357. The summed E-state index contributed by atoms with van der Waals surface area (Å²) >= 11 is 1.73. The van der Waals surface area contributed by atoms with Gasteiger partial charge < -0.3 is 5.73 Å². The van der Waals surface area contributed by atoms with E-state index in [1.165, 1.54) is 21.7 Å². The third kappa shape index (κ3) is 2.93. The van der Waals surface area contributed by atoms with Crippen LogP contribution in [0.25, 0.3) is 11.3 Å². The molecule has 0 aliphatic rings. The second-order valence-electron chi connectivity index (χ2n) is 4.32. The maximum Gasteiger partial charge on any atom is 0.0933 e. The highest BCUT2D eigenvalue weighted by Gasteiger charge is 2.05. The normalized spacial score (nSPS) is 10.8. The summed E-state index contributed by atoms with van der Waals surface area (Å²) in [4.78, 5) is 4.65. The number of aryl methyl sites for hydroxylation is 3. The predicted molar refractivity (Wildman–Crippen MR) is 74.4 cm³/mol. The molecule has 0 unspecified atom stereocenters. The van der Waals surface area contributed by atoms with Crippen LogP contribution in [0.2, 0.25) is 0 Å². The quantitative estimate of drug-likeness (QED) is 0.898. The molecule has 3 heteroatoms. The summed E-state index contributed by atoms with van der Waals surface area (Å²) < 4.78 is 0. The van der Waals surface area contributed by atoms with E-state index in [2.05, 4.69) is 42.4 Å². The molecule has 0 fully saturated rings. The molecule has 0 saturated heterocycles. The summed E-state index contributed by atoms with van der Waals surface area (Å²) in [5, 5.41) is 3.32. The van der Waals surface area contributed by atoms with Crippen LogP contribution in [0, 0.1) is 13.8 Å². The van der Waals surface area contributed by atoms with Crippen LogP contribution < -0.4 is 5.73 Å². The van der Waals surface area contributed by atoms with Crippen LogP contribution in [0.3, 0.4) is 0 Å². The van der Waals surface area contributed by atoms with Crippen molar-refractivity contribution in [1.82, 2.24) is 4.98 Å². The molecular weight excluding hydrogens is 228 g/mol. The van der Waals surface area contributed by atoms with E-state index < -0.39 is 0 Å². The lowest BCUT2D eigenvalue weighted by molar-refractivity contribution is 0.827. The number of hydrogen-bond donors (Lipinski definition) is 1. The Bertz CT molecular complexity index is 503. The molecule has 0 saturated carbocycles. The first-order valence-electron chi connectivity index (χ1n) is 5.93. The molecule has 1 heterocycles. The van der Waals surface area contributed by atoms with Crippen molar-refractivity contribution in [2.45, 2.75) is 26.7 Å². The number of nitrogens with zero attached hydrogens (tertiary/aromatic N) is 1. The number of aromatic nitrogens is 1. The third-order valence-corrected chi connectivity index (χ3v) is 3.86. The monoisotopic (exact) mass is 246 g/mol. The molecule has 0 aliphatic carbocycles. The standard InChI is InChI=1S/C14H18N2S/c1-10-5-6-12(8-11(10)2)13-9-17-14(16-13)4-3-7-15/h5-6,8-9H,3-4,7,15H2,1-2H3. The minimum Gasteiger partial charge on any atom is -0.330 e. The van der Waals surface area contributed by atoms with Crippen molar-refractivity contribution >= 4 is 11.3 Å². The van der Waals surface area contributed by atoms with E-state index in [1.807, 2.05) is 0 Å². The molecule has 17 heavy (non-hydrogen) atoms. The second-order valence-corrected chi connectivity index (χ2v) is 5.26. The zero-order chi connectivity index (χ0) is 12.3. The van der Waals surface area contributed by atoms with E-state index in [0.29, 0.717) is 0 Å². The Labute approximate surface area is 107 Å². The topological polar surface area (TPSA) is 38.9 Å². The molecule has 1 aromatic heterocycles. The third-order valence-electron chi connectivity index (χ3n) is 2.95. The van der Waals surface area contributed by atoms with Crippen LogP contribution in [0.5, 0.6) is 0 Å². The van der Waals surface area contributed by atoms with Crippen LogP contribution in [0.4, 0.5) is 0 Å².